The van der Waals surface area contributed by atoms with Crippen LogP contribution in [-0.2, 0) is 5.88 Å². The van der Waals surface area contributed by atoms with Gasteiger partial charge in [0.15, 0.2) is 0 Å². The molecule has 0 atom stereocenters. The lowest BCUT2D eigenvalue weighted by Gasteiger charge is -2.08. The molecule has 0 aliphatic carbocycles. The molecule has 0 bridgehead atoms. The zero-order valence-electron chi connectivity index (χ0n) is 11.6. The Labute approximate surface area is 124 Å². The number of benzene rings is 1. The third-order valence-corrected chi connectivity index (χ3v) is 3.18. The summed E-state index contributed by atoms with van der Waals surface area (Å²) >= 11 is 5.67. The molecule has 1 aromatic heterocycles. The third-order valence-electron chi connectivity index (χ3n) is 2.95. The molecule has 0 radical (unpaired) electrons. The fourth-order valence-electron chi connectivity index (χ4n) is 1.90. The summed E-state index contributed by atoms with van der Waals surface area (Å²) in [5, 5.41) is 7.86. The van der Waals surface area contributed by atoms with Crippen molar-refractivity contribution >= 4 is 11.6 Å². The van der Waals surface area contributed by atoms with Crippen LogP contribution in [0.1, 0.15) is 38.5 Å². The minimum Gasteiger partial charge on any atom is -0.493 e. The third kappa shape index (κ3) is 3.97. The molecule has 1 heterocycles. The van der Waals surface area contributed by atoms with E-state index in [2.05, 4.69) is 17.1 Å². The van der Waals surface area contributed by atoms with E-state index < -0.39 is 0 Å². The topological polar surface area (TPSA) is 48.2 Å². The number of unbranched alkanes of at least 4 members (excludes halogenated alkanes) is 3. The molecule has 0 spiro atoms. The molecule has 4 nitrogen and oxygen atoms in total. The van der Waals surface area contributed by atoms with Gasteiger partial charge in [-0.05, 0) is 18.6 Å². The highest BCUT2D eigenvalue weighted by Gasteiger charge is 2.12. The van der Waals surface area contributed by atoms with Gasteiger partial charge in [-0.15, -0.1) is 21.8 Å². The van der Waals surface area contributed by atoms with E-state index in [1.54, 1.807) is 0 Å². The van der Waals surface area contributed by atoms with Gasteiger partial charge in [0.05, 0.1) is 12.2 Å². The Hall–Kier alpha value is -1.55. The minimum atomic E-state index is 0.215. The Morgan fingerprint density at radius 2 is 2.00 bits per heavy atom. The normalized spacial score (nSPS) is 10.7. The van der Waals surface area contributed by atoms with Gasteiger partial charge in [0.2, 0.25) is 5.89 Å². The standard InChI is InChI=1S/C15H19ClN2O2/c1-2-3-4-7-10-19-13-9-6-5-8-12(13)15-18-17-14(11-16)20-15/h5-6,8-9H,2-4,7,10-11H2,1H3. The number of aromatic nitrogens is 2. The summed E-state index contributed by atoms with van der Waals surface area (Å²) in [6.45, 7) is 2.90. The predicted molar refractivity (Wildman–Crippen MR) is 78.9 cm³/mol. The lowest BCUT2D eigenvalue weighted by Crippen LogP contribution is -1.98. The molecule has 2 aromatic rings. The van der Waals surface area contributed by atoms with E-state index in [1.807, 2.05) is 24.3 Å². The molecular formula is C15H19ClN2O2. The van der Waals surface area contributed by atoms with Crippen molar-refractivity contribution in [1.29, 1.82) is 0 Å². The first-order valence-electron chi connectivity index (χ1n) is 6.95. The van der Waals surface area contributed by atoms with Crippen molar-refractivity contribution in [3.8, 4) is 17.2 Å². The van der Waals surface area contributed by atoms with Crippen LogP contribution in [0.2, 0.25) is 0 Å². The van der Waals surface area contributed by atoms with Crippen LogP contribution < -0.4 is 4.74 Å². The van der Waals surface area contributed by atoms with Crippen LogP contribution in [-0.4, -0.2) is 16.8 Å². The first-order valence-corrected chi connectivity index (χ1v) is 7.49. The molecule has 0 aliphatic rings. The highest BCUT2D eigenvalue weighted by atomic mass is 35.5. The van der Waals surface area contributed by atoms with Gasteiger partial charge in [-0.2, -0.15) is 0 Å². The van der Waals surface area contributed by atoms with Gasteiger partial charge in [-0.25, -0.2) is 0 Å². The first kappa shape index (κ1) is 14.9. The maximum absolute atomic E-state index is 5.82. The Bertz CT molecular complexity index is 528. The van der Waals surface area contributed by atoms with Crippen molar-refractivity contribution in [2.75, 3.05) is 6.61 Å². The van der Waals surface area contributed by atoms with Gasteiger partial charge < -0.3 is 9.15 Å². The molecule has 2 rings (SSSR count). The Balaban J connectivity index is 2.02. The van der Waals surface area contributed by atoms with Crippen LogP contribution in [0.4, 0.5) is 0 Å². The van der Waals surface area contributed by atoms with Gasteiger partial charge >= 0.3 is 0 Å². The number of ether oxygens (including phenoxy) is 1. The zero-order valence-corrected chi connectivity index (χ0v) is 12.4. The summed E-state index contributed by atoms with van der Waals surface area (Å²) in [4.78, 5) is 0. The molecule has 0 unspecified atom stereocenters. The molecule has 20 heavy (non-hydrogen) atoms. The molecule has 5 heteroatoms. The average Bonchev–Trinajstić information content (AvgIpc) is 2.96. The van der Waals surface area contributed by atoms with Crippen LogP contribution in [0.3, 0.4) is 0 Å². The zero-order chi connectivity index (χ0) is 14.2. The van der Waals surface area contributed by atoms with E-state index in [0.717, 1.165) is 17.7 Å². The van der Waals surface area contributed by atoms with E-state index in [9.17, 15) is 0 Å². The van der Waals surface area contributed by atoms with Gasteiger partial charge in [0, 0.05) is 0 Å². The fourth-order valence-corrected chi connectivity index (χ4v) is 2.00. The van der Waals surface area contributed by atoms with E-state index in [-0.39, 0.29) is 5.88 Å². The molecule has 1 aromatic carbocycles. The van der Waals surface area contributed by atoms with Crippen molar-refractivity contribution in [1.82, 2.24) is 10.2 Å². The highest BCUT2D eigenvalue weighted by Crippen LogP contribution is 2.29. The minimum absolute atomic E-state index is 0.215. The summed E-state index contributed by atoms with van der Waals surface area (Å²) in [6.07, 6.45) is 4.71. The van der Waals surface area contributed by atoms with Crippen LogP contribution >= 0.6 is 11.6 Å². The van der Waals surface area contributed by atoms with Crippen LogP contribution in [0.25, 0.3) is 11.5 Å². The lowest BCUT2D eigenvalue weighted by atomic mass is 10.2. The molecule has 0 N–H and O–H groups in total. The van der Waals surface area contributed by atoms with E-state index in [1.165, 1.54) is 19.3 Å². The quantitative estimate of drug-likeness (QED) is 0.533. The summed E-state index contributed by atoms with van der Waals surface area (Å²) in [5.41, 5.74) is 0.812. The summed E-state index contributed by atoms with van der Waals surface area (Å²) in [7, 11) is 0. The molecule has 0 aliphatic heterocycles. The van der Waals surface area contributed by atoms with E-state index in [0.29, 0.717) is 18.4 Å². The van der Waals surface area contributed by atoms with E-state index >= 15 is 0 Å². The smallest absolute Gasteiger partial charge is 0.251 e. The largest absolute Gasteiger partial charge is 0.493 e. The summed E-state index contributed by atoms with van der Waals surface area (Å²) in [6, 6.07) is 7.68. The summed E-state index contributed by atoms with van der Waals surface area (Å²) in [5.74, 6) is 1.85. The predicted octanol–water partition coefficient (Wildman–Crippen LogP) is 4.43. The number of hydrogen-bond donors (Lipinski definition) is 0. The number of hydrogen-bond acceptors (Lipinski definition) is 4. The number of para-hydroxylation sites is 1. The molecular weight excluding hydrogens is 276 g/mol. The maximum atomic E-state index is 5.82. The van der Waals surface area contributed by atoms with Gasteiger partial charge in [0.1, 0.15) is 11.6 Å². The second-order valence-corrected chi connectivity index (χ2v) is 4.81. The number of rotatable bonds is 8. The molecule has 0 saturated carbocycles. The van der Waals surface area contributed by atoms with Crippen LogP contribution in [0.15, 0.2) is 28.7 Å². The van der Waals surface area contributed by atoms with Crippen molar-refractivity contribution in [3.63, 3.8) is 0 Å². The second kappa shape index (κ2) is 7.90. The number of alkyl halides is 1. The van der Waals surface area contributed by atoms with Gasteiger partial charge in [0.25, 0.3) is 5.89 Å². The Morgan fingerprint density at radius 1 is 1.15 bits per heavy atom. The first-order chi connectivity index (χ1) is 9.85. The maximum Gasteiger partial charge on any atom is 0.251 e. The van der Waals surface area contributed by atoms with Gasteiger partial charge in [-0.1, -0.05) is 38.3 Å². The number of nitrogens with zero attached hydrogens (tertiary/aromatic N) is 2. The van der Waals surface area contributed by atoms with E-state index in [4.69, 9.17) is 20.8 Å². The van der Waals surface area contributed by atoms with Crippen molar-refractivity contribution in [2.24, 2.45) is 0 Å². The van der Waals surface area contributed by atoms with Crippen LogP contribution in [0, 0.1) is 0 Å². The number of halogens is 1. The SMILES string of the molecule is CCCCCCOc1ccccc1-c1nnc(CCl)o1. The Kier molecular flexibility index (Phi) is 5.87. The molecule has 0 fully saturated rings. The van der Waals surface area contributed by atoms with Crippen molar-refractivity contribution < 1.29 is 9.15 Å². The lowest BCUT2D eigenvalue weighted by molar-refractivity contribution is 0.305. The molecule has 0 amide bonds. The van der Waals surface area contributed by atoms with Crippen LogP contribution in [0.5, 0.6) is 5.75 Å². The Morgan fingerprint density at radius 3 is 2.75 bits per heavy atom. The van der Waals surface area contributed by atoms with Crippen molar-refractivity contribution in [2.45, 2.75) is 38.5 Å². The average molecular weight is 295 g/mol. The molecule has 0 saturated heterocycles. The molecule has 108 valence electrons. The van der Waals surface area contributed by atoms with Gasteiger partial charge in [-0.3, -0.25) is 0 Å². The highest BCUT2D eigenvalue weighted by molar-refractivity contribution is 6.16. The second-order valence-electron chi connectivity index (χ2n) is 4.54. The van der Waals surface area contributed by atoms with Crippen molar-refractivity contribution in [3.05, 3.63) is 30.2 Å². The summed E-state index contributed by atoms with van der Waals surface area (Å²) < 4.78 is 11.3. The monoisotopic (exact) mass is 294 g/mol. The fraction of sp³-hybridized carbons (Fsp3) is 0.467.